The summed E-state index contributed by atoms with van der Waals surface area (Å²) in [4.78, 5) is 25.4. The van der Waals surface area contributed by atoms with Gasteiger partial charge in [0.1, 0.15) is 6.04 Å². The van der Waals surface area contributed by atoms with Gasteiger partial charge in [-0.2, -0.15) is 0 Å². The molecule has 17 heavy (non-hydrogen) atoms. The van der Waals surface area contributed by atoms with Crippen molar-refractivity contribution < 1.29 is 19.1 Å². The van der Waals surface area contributed by atoms with Crippen molar-refractivity contribution in [1.82, 2.24) is 4.90 Å². The van der Waals surface area contributed by atoms with E-state index in [1.807, 2.05) is 6.92 Å². The molecule has 0 aromatic heterocycles. The van der Waals surface area contributed by atoms with E-state index in [9.17, 15) is 9.59 Å². The van der Waals surface area contributed by atoms with Crippen molar-refractivity contribution in [3.05, 3.63) is 0 Å². The normalized spacial score (nSPS) is 22.1. The third-order valence-corrected chi connectivity index (χ3v) is 3.10. The molecule has 1 heterocycles. The number of hydrogen-bond acceptors (Lipinski definition) is 4. The summed E-state index contributed by atoms with van der Waals surface area (Å²) in [6.45, 7) is 2.82. The second-order valence-electron chi connectivity index (χ2n) is 4.42. The summed E-state index contributed by atoms with van der Waals surface area (Å²) in [5, 5.41) is 0. The molecule has 5 nitrogen and oxygen atoms in total. The molecule has 2 atom stereocenters. The quantitative estimate of drug-likeness (QED) is 0.686. The number of hydrogen-bond donors (Lipinski definition) is 0. The van der Waals surface area contributed by atoms with E-state index in [4.69, 9.17) is 9.47 Å². The molecule has 1 rings (SSSR count). The van der Waals surface area contributed by atoms with Gasteiger partial charge in [-0.05, 0) is 19.3 Å². The lowest BCUT2D eigenvalue weighted by Crippen LogP contribution is -2.50. The highest BCUT2D eigenvalue weighted by Crippen LogP contribution is 2.20. The first-order valence-corrected chi connectivity index (χ1v) is 5.99. The van der Waals surface area contributed by atoms with Crippen molar-refractivity contribution >= 4 is 11.9 Å². The molecular formula is C12H21NO4. The lowest BCUT2D eigenvalue weighted by atomic mass is 10.00. The molecule has 0 aromatic rings. The second-order valence-corrected chi connectivity index (χ2v) is 4.42. The first kappa shape index (κ1) is 14.0. The molecule has 1 aliphatic heterocycles. The van der Waals surface area contributed by atoms with Crippen molar-refractivity contribution in [3.8, 4) is 0 Å². The Balaban J connectivity index is 2.70. The number of carbonyl (C=O) groups is 2. The smallest absolute Gasteiger partial charge is 0.328 e. The van der Waals surface area contributed by atoms with Crippen LogP contribution in [0.3, 0.4) is 0 Å². The fourth-order valence-corrected chi connectivity index (χ4v) is 2.18. The van der Waals surface area contributed by atoms with Crippen LogP contribution >= 0.6 is 0 Å². The maximum absolute atomic E-state index is 12.2. The number of methoxy groups -OCH3 is 2. The fourth-order valence-electron chi connectivity index (χ4n) is 2.18. The van der Waals surface area contributed by atoms with Gasteiger partial charge < -0.3 is 14.4 Å². The third kappa shape index (κ3) is 3.43. The Morgan fingerprint density at radius 2 is 2.06 bits per heavy atom. The Labute approximate surface area is 102 Å². The van der Waals surface area contributed by atoms with Crippen LogP contribution in [0.25, 0.3) is 0 Å². The molecular weight excluding hydrogens is 222 g/mol. The van der Waals surface area contributed by atoms with Gasteiger partial charge in [0.25, 0.3) is 0 Å². The Morgan fingerprint density at radius 1 is 1.35 bits per heavy atom. The SMILES string of the molecule is COCC(C)C(=O)N1CCCCC1C(=O)OC. The summed E-state index contributed by atoms with van der Waals surface area (Å²) < 4.78 is 9.72. The van der Waals surface area contributed by atoms with Crippen LogP contribution in [0.1, 0.15) is 26.2 Å². The summed E-state index contributed by atoms with van der Waals surface area (Å²) in [7, 11) is 2.93. The second kappa shape index (κ2) is 6.59. The Hall–Kier alpha value is -1.10. The van der Waals surface area contributed by atoms with Crippen LogP contribution in [0.15, 0.2) is 0 Å². The van der Waals surface area contributed by atoms with Gasteiger partial charge in [0.15, 0.2) is 0 Å². The average Bonchev–Trinajstić information content (AvgIpc) is 2.37. The predicted octanol–water partition coefficient (Wildman–Crippen LogP) is 0.823. The van der Waals surface area contributed by atoms with E-state index in [0.717, 1.165) is 12.8 Å². The van der Waals surface area contributed by atoms with Gasteiger partial charge in [-0.3, -0.25) is 4.79 Å². The van der Waals surface area contributed by atoms with Crippen LogP contribution in [0, 0.1) is 5.92 Å². The van der Waals surface area contributed by atoms with Gasteiger partial charge in [-0.15, -0.1) is 0 Å². The molecule has 0 bridgehead atoms. The van der Waals surface area contributed by atoms with Crippen LogP contribution in [-0.2, 0) is 19.1 Å². The standard InChI is InChI=1S/C12H21NO4/c1-9(8-16-2)11(14)13-7-5-4-6-10(13)12(15)17-3/h9-10H,4-8H2,1-3H3. The number of nitrogens with zero attached hydrogens (tertiary/aromatic N) is 1. The minimum atomic E-state index is -0.416. The van der Waals surface area contributed by atoms with Gasteiger partial charge >= 0.3 is 5.97 Å². The van der Waals surface area contributed by atoms with Crippen molar-refractivity contribution in [3.63, 3.8) is 0 Å². The van der Waals surface area contributed by atoms with E-state index < -0.39 is 6.04 Å². The minimum Gasteiger partial charge on any atom is -0.467 e. The Morgan fingerprint density at radius 3 is 2.65 bits per heavy atom. The lowest BCUT2D eigenvalue weighted by Gasteiger charge is -2.35. The van der Waals surface area contributed by atoms with Gasteiger partial charge in [-0.1, -0.05) is 6.92 Å². The van der Waals surface area contributed by atoms with E-state index in [2.05, 4.69) is 0 Å². The van der Waals surface area contributed by atoms with E-state index in [1.54, 1.807) is 12.0 Å². The molecule has 1 saturated heterocycles. The van der Waals surface area contributed by atoms with Crippen molar-refractivity contribution in [2.45, 2.75) is 32.2 Å². The number of likely N-dealkylation sites (tertiary alicyclic amines) is 1. The number of carbonyl (C=O) groups excluding carboxylic acids is 2. The molecule has 0 saturated carbocycles. The summed E-state index contributed by atoms with van der Waals surface area (Å²) in [5.74, 6) is -0.560. The Bertz CT molecular complexity index is 280. The van der Waals surface area contributed by atoms with Crippen LogP contribution in [0.2, 0.25) is 0 Å². The first-order valence-electron chi connectivity index (χ1n) is 5.99. The topological polar surface area (TPSA) is 55.8 Å². The molecule has 1 aliphatic rings. The predicted molar refractivity (Wildman–Crippen MR) is 62.4 cm³/mol. The van der Waals surface area contributed by atoms with Crippen molar-refractivity contribution in [2.75, 3.05) is 27.4 Å². The summed E-state index contributed by atoms with van der Waals surface area (Å²) in [6, 6.07) is -0.416. The van der Waals surface area contributed by atoms with Crippen LogP contribution in [0.5, 0.6) is 0 Å². The number of ether oxygens (including phenoxy) is 2. The third-order valence-electron chi connectivity index (χ3n) is 3.10. The minimum absolute atomic E-state index is 0.0260. The monoisotopic (exact) mass is 243 g/mol. The van der Waals surface area contributed by atoms with Crippen molar-refractivity contribution in [1.29, 1.82) is 0 Å². The van der Waals surface area contributed by atoms with Crippen LogP contribution < -0.4 is 0 Å². The van der Waals surface area contributed by atoms with Gasteiger partial charge in [0.2, 0.25) is 5.91 Å². The average molecular weight is 243 g/mol. The molecule has 98 valence electrons. The van der Waals surface area contributed by atoms with Gasteiger partial charge in [0, 0.05) is 13.7 Å². The van der Waals surface area contributed by atoms with Crippen molar-refractivity contribution in [2.24, 2.45) is 5.92 Å². The van der Waals surface area contributed by atoms with E-state index in [1.165, 1.54) is 7.11 Å². The number of amides is 1. The highest BCUT2D eigenvalue weighted by Gasteiger charge is 2.34. The van der Waals surface area contributed by atoms with E-state index in [0.29, 0.717) is 19.6 Å². The zero-order chi connectivity index (χ0) is 12.8. The molecule has 0 spiro atoms. The summed E-state index contributed by atoms with van der Waals surface area (Å²) >= 11 is 0. The molecule has 0 aliphatic carbocycles. The largest absolute Gasteiger partial charge is 0.467 e. The zero-order valence-corrected chi connectivity index (χ0v) is 10.8. The molecule has 0 radical (unpaired) electrons. The molecule has 5 heteroatoms. The lowest BCUT2D eigenvalue weighted by molar-refractivity contribution is -0.156. The van der Waals surface area contributed by atoms with Gasteiger partial charge in [-0.25, -0.2) is 4.79 Å². The first-order chi connectivity index (χ1) is 8.11. The highest BCUT2D eigenvalue weighted by molar-refractivity contribution is 5.85. The zero-order valence-electron chi connectivity index (χ0n) is 10.8. The molecule has 0 aromatic carbocycles. The van der Waals surface area contributed by atoms with Gasteiger partial charge in [0.05, 0.1) is 19.6 Å². The van der Waals surface area contributed by atoms with E-state index in [-0.39, 0.29) is 17.8 Å². The number of esters is 1. The maximum atomic E-state index is 12.2. The fraction of sp³-hybridized carbons (Fsp3) is 0.833. The molecule has 0 N–H and O–H groups in total. The number of piperidine rings is 1. The summed E-state index contributed by atoms with van der Waals surface area (Å²) in [6.07, 6.45) is 2.60. The molecule has 1 amide bonds. The molecule has 2 unspecified atom stereocenters. The van der Waals surface area contributed by atoms with E-state index >= 15 is 0 Å². The summed E-state index contributed by atoms with van der Waals surface area (Å²) in [5.41, 5.74) is 0. The molecule has 1 fully saturated rings. The number of rotatable bonds is 4. The Kier molecular flexibility index (Phi) is 5.41. The van der Waals surface area contributed by atoms with Crippen LogP contribution in [0.4, 0.5) is 0 Å². The maximum Gasteiger partial charge on any atom is 0.328 e. The highest BCUT2D eigenvalue weighted by atomic mass is 16.5. The van der Waals surface area contributed by atoms with Crippen LogP contribution in [-0.4, -0.2) is 50.2 Å².